The van der Waals surface area contributed by atoms with Crippen LogP contribution in [0.5, 0.6) is 0 Å². The topological polar surface area (TPSA) is 90.1 Å². The van der Waals surface area contributed by atoms with E-state index < -0.39 is 12.0 Å². The molecule has 1 rings (SSSR count). The zero-order valence-corrected chi connectivity index (χ0v) is 9.08. The molecule has 1 unspecified atom stereocenters. The van der Waals surface area contributed by atoms with Gasteiger partial charge < -0.3 is 15.8 Å². The lowest BCUT2D eigenvalue weighted by molar-refractivity contribution is -0.141. The Morgan fingerprint density at radius 2 is 2.33 bits per heavy atom. The molecule has 0 aliphatic carbocycles. The predicted molar refractivity (Wildman–Crippen MR) is 56.6 cm³/mol. The van der Waals surface area contributed by atoms with Crippen LogP contribution < -0.4 is 11.1 Å². The molecule has 0 fully saturated rings. The fourth-order valence-corrected chi connectivity index (χ4v) is 1.06. The highest BCUT2D eigenvalue weighted by atomic mass is 35.5. The highest BCUT2D eigenvalue weighted by Crippen LogP contribution is 2.22. The predicted octanol–water partition coefficient (Wildman–Crippen LogP) is 0.686. The van der Waals surface area contributed by atoms with Gasteiger partial charge in [0.25, 0.3) is 0 Å². The number of carbonyl (C=O) groups excluding carboxylic acids is 1. The molecule has 0 spiro atoms. The van der Waals surface area contributed by atoms with Crippen molar-refractivity contribution in [3.63, 3.8) is 0 Å². The SMILES string of the molecule is COC(=O)C(C)Nc1ncnc(Cl)c1N. The molecule has 0 aliphatic rings. The Morgan fingerprint density at radius 1 is 1.67 bits per heavy atom. The molecule has 82 valence electrons. The standard InChI is InChI=1S/C8H11ClN4O2/c1-4(8(14)15-2)13-7-5(10)6(9)11-3-12-7/h3-4H,10H2,1-2H3,(H,11,12,13). The molecule has 0 saturated heterocycles. The van der Waals surface area contributed by atoms with E-state index >= 15 is 0 Å². The number of carbonyl (C=O) groups is 1. The number of halogens is 1. The van der Waals surface area contributed by atoms with E-state index in [4.69, 9.17) is 17.3 Å². The van der Waals surface area contributed by atoms with E-state index in [2.05, 4.69) is 20.0 Å². The van der Waals surface area contributed by atoms with Gasteiger partial charge in [0.1, 0.15) is 18.1 Å². The van der Waals surface area contributed by atoms with Crippen LogP contribution in [-0.4, -0.2) is 29.1 Å². The second kappa shape index (κ2) is 4.79. The summed E-state index contributed by atoms with van der Waals surface area (Å²) in [5.74, 6) is -0.1000. The van der Waals surface area contributed by atoms with Crippen LogP contribution in [0.2, 0.25) is 5.15 Å². The molecular formula is C8H11ClN4O2. The van der Waals surface area contributed by atoms with Gasteiger partial charge in [0.2, 0.25) is 0 Å². The summed E-state index contributed by atoms with van der Waals surface area (Å²) >= 11 is 5.68. The van der Waals surface area contributed by atoms with E-state index in [0.717, 1.165) is 0 Å². The molecule has 0 bridgehead atoms. The molecular weight excluding hydrogens is 220 g/mol. The summed E-state index contributed by atoms with van der Waals surface area (Å²) in [5.41, 5.74) is 5.80. The van der Waals surface area contributed by atoms with Gasteiger partial charge in [0.15, 0.2) is 11.0 Å². The monoisotopic (exact) mass is 230 g/mol. The van der Waals surface area contributed by atoms with Gasteiger partial charge in [-0.15, -0.1) is 0 Å². The number of anilines is 2. The third-order valence-electron chi connectivity index (χ3n) is 1.74. The first-order valence-electron chi connectivity index (χ1n) is 4.16. The van der Waals surface area contributed by atoms with Crippen molar-refractivity contribution < 1.29 is 9.53 Å². The van der Waals surface area contributed by atoms with E-state index in [1.54, 1.807) is 6.92 Å². The zero-order valence-electron chi connectivity index (χ0n) is 8.32. The molecule has 0 aliphatic heterocycles. The van der Waals surface area contributed by atoms with Crippen LogP contribution in [0, 0.1) is 0 Å². The van der Waals surface area contributed by atoms with Crippen LogP contribution in [0.25, 0.3) is 0 Å². The number of nitrogens with one attached hydrogen (secondary N) is 1. The van der Waals surface area contributed by atoms with E-state index in [9.17, 15) is 4.79 Å². The molecule has 0 amide bonds. The van der Waals surface area contributed by atoms with E-state index in [1.807, 2.05) is 0 Å². The molecule has 7 heteroatoms. The first kappa shape index (κ1) is 11.5. The smallest absolute Gasteiger partial charge is 0.328 e. The molecule has 0 radical (unpaired) electrons. The van der Waals surface area contributed by atoms with Gasteiger partial charge in [0.05, 0.1) is 7.11 Å². The Morgan fingerprint density at radius 3 is 2.93 bits per heavy atom. The van der Waals surface area contributed by atoms with Gasteiger partial charge in [-0.3, -0.25) is 0 Å². The maximum Gasteiger partial charge on any atom is 0.328 e. The van der Waals surface area contributed by atoms with Gasteiger partial charge in [-0.2, -0.15) is 0 Å². The summed E-state index contributed by atoms with van der Waals surface area (Å²) in [5, 5.41) is 2.91. The number of aromatic nitrogens is 2. The van der Waals surface area contributed by atoms with Crippen molar-refractivity contribution >= 4 is 29.1 Å². The first-order valence-corrected chi connectivity index (χ1v) is 4.54. The Kier molecular flexibility index (Phi) is 3.68. The van der Waals surface area contributed by atoms with E-state index in [-0.39, 0.29) is 10.8 Å². The largest absolute Gasteiger partial charge is 0.467 e. The van der Waals surface area contributed by atoms with Crippen molar-refractivity contribution in [2.24, 2.45) is 0 Å². The van der Waals surface area contributed by atoms with Crippen LogP contribution in [0.3, 0.4) is 0 Å². The minimum Gasteiger partial charge on any atom is -0.467 e. The van der Waals surface area contributed by atoms with Crippen molar-refractivity contribution in [2.45, 2.75) is 13.0 Å². The van der Waals surface area contributed by atoms with Crippen LogP contribution in [0.4, 0.5) is 11.5 Å². The van der Waals surface area contributed by atoms with Gasteiger partial charge >= 0.3 is 5.97 Å². The fourth-order valence-electron chi connectivity index (χ4n) is 0.930. The summed E-state index contributed by atoms with van der Waals surface area (Å²) in [4.78, 5) is 18.7. The fraction of sp³-hybridized carbons (Fsp3) is 0.375. The first-order chi connectivity index (χ1) is 7.06. The number of rotatable bonds is 3. The quantitative estimate of drug-likeness (QED) is 0.586. The number of ether oxygens (including phenoxy) is 1. The normalized spacial score (nSPS) is 11.9. The zero-order chi connectivity index (χ0) is 11.4. The number of hydrogen-bond donors (Lipinski definition) is 2. The highest BCUT2D eigenvalue weighted by Gasteiger charge is 2.15. The van der Waals surface area contributed by atoms with Crippen LogP contribution in [-0.2, 0) is 9.53 Å². The van der Waals surface area contributed by atoms with Crippen molar-refractivity contribution in [3.8, 4) is 0 Å². The maximum absolute atomic E-state index is 11.1. The Labute approximate surface area is 91.8 Å². The summed E-state index contributed by atoms with van der Waals surface area (Å²) in [6.07, 6.45) is 1.25. The molecule has 6 nitrogen and oxygen atoms in total. The number of methoxy groups -OCH3 is 1. The van der Waals surface area contributed by atoms with Gasteiger partial charge in [-0.05, 0) is 6.92 Å². The minimum atomic E-state index is -0.553. The Hall–Kier alpha value is -1.56. The molecule has 1 atom stereocenters. The third-order valence-corrected chi connectivity index (χ3v) is 2.04. The van der Waals surface area contributed by atoms with Gasteiger partial charge in [-0.25, -0.2) is 14.8 Å². The van der Waals surface area contributed by atoms with Crippen molar-refractivity contribution in [2.75, 3.05) is 18.2 Å². The average molecular weight is 231 g/mol. The molecule has 1 aromatic rings. The van der Waals surface area contributed by atoms with E-state index in [1.165, 1.54) is 13.4 Å². The second-order valence-corrected chi connectivity index (χ2v) is 3.17. The van der Waals surface area contributed by atoms with Crippen LogP contribution in [0.1, 0.15) is 6.92 Å². The molecule has 15 heavy (non-hydrogen) atoms. The van der Waals surface area contributed by atoms with Crippen molar-refractivity contribution in [3.05, 3.63) is 11.5 Å². The third kappa shape index (κ3) is 2.69. The number of nitrogens with two attached hydrogens (primary N) is 1. The van der Waals surface area contributed by atoms with Crippen molar-refractivity contribution in [1.29, 1.82) is 0 Å². The lowest BCUT2D eigenvalue weighted by Gasteiger charge is -2.13. The van der Waals surface area contributed by atoms with Gasteiger partial charge in [-0.1, -0.05) is 11.6 Å². The lowest BCUT2D eigenvalue weighted by Crippen LogP contribution is -2.28. The molecule has 0 saturated carbocycles. The van der Waals surface area contributed by atoms with E-state index in [0.29, 0.717) is 5.82 Å². The second-order valence-electron chi connectivity index (χ2n) is 2.82. The van der Waals surface area contributed by atoms with Crippen molar-refractivity contribution in [1.82, 2.24) is 9.97 Å². The Bertz CT molecular complexity index is 372. The minimum absolute atomic E-state index is 0.143. The average Bonchev–Trinajstić information content (AvgIpc) is 2.23. The number of esters is 1. The number of nitrogen functional groups attached to an aromatic ring is 1. The summed E-state index contributed by atoms with van der Waals surface area (Å²) in [7, 11) is 1.30. The summed E-state index contributed by atoms with van der Waals surface area (Å²) in [6, 6.07) is -0.553. The van der Waals surface area contributed by atoms with Crippen LogP contribution >= 0.6 is 11.6 Å². The lowest BCUT2D eigenvalue weighted by atomic mass is 10.3. The Balaban J connectivity index is 2.81. The number of nitrogens with zero attached hydrogens (tertiary/aromatic N) is 2. The molecule has 1 heterocycles. The molecule has 0 aromatic carbocycles. The van der Waals surface area contributed by atoms with Crippen LogP contribution in [0.15, 0.2) is 6.33 Å². The summed E-state index contributed by atoms with van der Waals surface area (Å²) in [6.45, 7) is 1.63. The highest BCUT2D eigenvalue weighted by molar-refractivity contribution is 6.32. The molecule has 3 N–H and O–H groups in total. The molecule has 1 aromatic heterocycles. The number of hydrogen-bond acceptors (Lipinski definition) is 6. The summed E-state index contributed by atoms with van der Waals surface area (Å²) < 4.78 is 4.54. The van der Waals surface area contributed by atoms with Gasteiger partial charge in [0, 0.05) is 0 Å². The maximum atomic E-state index is 11.1.